The molecule has 0 saturated heterocycles. The van der Waals surface area contributed by atoms with Crippen LogP contribution in [0.5, 0.6) is 0 Å². The van der Waals surface area contributed by atoms with E-state index in [1.807, 2.05) is 38.1 Å². The first-order chi connectivity index (χ1) is 15.4. The largest absolute Gasteiger partial charge is 0.357 e. The van der Waals surface area contributed by atoms with Gasteiger partial charge in [0.05, 0.1) is 11.9 Å². The minimum Gasteiger partial charge on any atom is -0.357 e. The van der Waals surface area contributed by atoms with Crippen LogP contribution in [0.2, 0.25) is 5.02 Å². The number of hydrogen-bond donors (Lipinski definition) is 1. The van der Waals surface area contributed by atoms with E-state index in [1.54, 1.807) is 25.1 Å². The highest BCUT2D eigenvalue weighted by atomic mass is 35.5. The number of benzene rings is 2. The average Bonchev–Trinajstić information content (AvgIpc) is 2.75. The van der Waals surface area contributed by atoms with Gasteiger partial charge in [0.25, 0.3) is 0 Å². The van der Waals surface area contributed by atoms with Crippen LogP contribution in [0.15, 0.2) is 42.5 Å². The van der Waals surface area contributed by atoms with Gasteiger partial charge < -0.3 is 10.2 Å². The van der Waals surface area contributed by atoms with Crippen LogP contribution >= 0.6 is 11.6 Å². The van der Waals surface area contributed by atoms with Gasteiger partial charge in [0.1, 0.15) is 6.04 Å². The summed E-state index contributed by atoms with van der Waals surface area (Å²) < 4.78 is 26.2. The molecule has 0 aliphatic carbocycles. The van der Waals surface area contributed by atoms with Gasteiger partial charge in [-0.05, 0) is 50.5 Å². The Hall–Kier alpha value is -2.58. The van der Waals surface area contributed by atoms with Crippen LogP contribution in [0.3, 0.4) is 0 Å². The lowest BCUT2D eigenvalue weighted by molar-refractivity contribution is -0.140. The molecule has 7 nitrogen and oxygen atoms in total. The van der Waals surface area contributed by atoms with E-state index >= 15 is 0 Å². The Labute approximate surface area is 201 Å². The molecule has 2 aromatic carbocycles. The zero-order valence-electron chi connectivity index (χ0n) is 19.8. The Morgan fingerprint density at radius 3 is 2.42 bits per heavy atom. The smallest absolute Gasteiger partial charge is 0.242 e. The van der Waals surface area contributed by atoms with Crippen molar-refractivity contribution < 1.29 is 18.0 Å². The second-order valence-electron chi connectivity index (χ2n) is 8.17. The molecule has 0 heterocycles. The summed E-state index contributed by atoms with van der Waals surface area (Å²) >= 11 is 6.08. The first kappa shape index (κ1) is 26.7. The lowest BCUT2D eigenvalue weighted by Crippen LogP contribution is -2.46. The molecule has 0 radical (unpaired) electrons. The predicted octanol–water partition coefficient (Wildman–Crippen LogP) is 3.67. The van der Waals surface area contributed by atoms with E-state index in [1.165, 1.54) is 16.3 Å². The molecule has 0 unspecified atom stereocenters. The summed E-state index contributed by atoms with van der Waals surface area (Å²) in [4.78, 5) is 26.9. The van der Waals surface area contributed by atoms with E-state index in [0.29, 0.717) is 17.1 Å². The highest BCUT2D eigenvalue weighted by Crippen LogP contribution is 2.27. The molecular formula is C24H32ClN3O4S. The maximum atomic E-state index is 13.1. The summed E-state index contributed by atoms with van der Waals surface area (Å²) in [6.45, 7) is 5.88. The summed E-state index contributed by atoms with van der Waals surface area (Å²) in [6.07, 6.45) is 1.52. The maximum absolute atomic E-state index is 13.1. The Kier molecular flexibility index (Phi) is 9.31. The summed E-state index contributed by atoms with van der Waals surface area (Å²) in [5.41, 5.74) is 3.25. The molecule has 0 saturated carbocycles. The van der Waals surface area contributed by atoms with Crippen LogP contribution in [0, 0.1) is 13.8 Å². The molecule has 0 aliphatic heterocycles. The van der Waals surface area contributed by atoms with Gasteiger partial charge in [0, 0.05) is 31.6 Å². The van der Waals surface area contributed by atoms with Crippen LogP contribution in [0.25, 0.3) is 0 Å². The van der Waals surface area contributed by atoms with E-state index in [9.17, 15) is 18.0 Å². The summed E-state index contributed by atoms with van der Waals surface area (Å²) in [6, 6.07) is 12.2. The zero-order valence-corrected chi connectivity index (χ0v) is 21.3. The number of aryl methyl sites for hydroxylation is 2. The van der Waals surface area contributed by atoms with Crippen molar-refractivity contribution in [2.75, 3.05) is 24.2 Å². The first-order valence-electron chi connectivity index (χ1n) is 10.7. The average molecular weight is 494 g/mol. The van der Waals surface area contributed by atoms with Crippen molar-refractivity contribution in [1.29, 1.82) is 0 Å². The van der Waals surface area contributed by atoms with Crippen molar-refractivity contribution in [1.82, 2.24) is 10.2 Å². The van der Waals surface area contributed by atoms with Crippen LogP contribution in [-0.4, -0.2) is 51.0 Å². The minimum absolute atomic E-state index is 0.0960. The van der Waals surface area contributed by atoms with Crippen LogP contribution in [0.1, 0.15) is 36.5 Å². The molecule has 33 heavy (non-hydrogen) atoms. The van der Waals surface area contributed by atoms with E-state index in [0.717, 1.165) is 22.9 Å². The normalized spacial score (nSPS) is 12.2. The van der Waals surface area contributed by atoms with Gasteiger partial charge in [-0.3, -0.25) is 13.9 Å². The van der Waals surface area contributed by atoms with Gasteiger partial charge in [-0.1, -0.05) is 47.5 Å². The number of nitrogens with zero attached hydrogens (tertiary/aromatic N) is 2. The van der Waals surface area contributed by atoms with Crippen molar-refractivity contribution >= 4 is 39.1 Å². The second kappa shape index (κ2) is 11.5. The maximum Gasteiger partial charge on any atom is 0.242 e. The fourth-order valence-electron chi connectivity index (χ4n) is 3.63. The van der Waals surface area contributed by atoms with Gasteiger partial charge >= 0.3 is 0 Å². The van der Waals surface area contributed by atoms with Gasteiger partial charge in [0.2, 0.25) is 21.8 Å². The Balaban J connectivity index is 2.18. The molecule has 0 aliphatic rings. The molecule has 2 aromatic rings. The number of sulfonamides is 1. The molecule has 0 aromatic heterocycles. The standard InChI is InChI=1S/C24H32ClN3O4S/c1-17-8-6-9-20(14-17)16-27(19(3)24(30)26-4)23(29)10-7-13-28(33(5,31)32)22-15-21(25)12-11-18(22)2/h6,8-9,11-12,14-15,19H,7,10,13,16H2,1-5H3,(H,26,30)/t19-/m0/s1. The zero-order chi connectivity index (χ0) is 24.8. The topological polar surface area (TPSA) is 86.8 Å². The molecule has 180 valence electrons. The third-order valence-electron chi connectivity index (χ3n) is 5.44. The van der Waals surface area contributed by atoms with Crippen LogP contribution < -0.4 is 9.62 Å². The van der Waals surface area contributed by atoms with E-state index < -0.39 is 16.1 Å². The van der Waals surface area contributed by atoms with Gasteiger partial charge in [-0.2, -0.15) is 0 Å². The van der Waals surface area contributed by atoms with Crippen LogP contribution in [0.4, 0.5) is 5.69 Å². The van der Waals surface area contributed by atoms with Crippen LogP contribution in [-0.2, 0) is 26.2 Å². The molecule has 0 spiro atoms. The number of halogens is 1. The number of hydrogen-bond acceptors (Lipinski definition) is 4. The van der Waals surface area contributed by atoms with Crippen molar-refractivity contribution in [2.24, 2.45) is 0 Å². The summed E-state index contributed by atoms with van der Waals surface area (Å²) in [5.74, 6) is -0.479. The number of nitrogens with one attached hydrogen (secondary N) is 1. The highest BCUT2D eigenvalue weighted by molar-refractivity contribution is 7.92. The molecule has 2 rings (SSSR count). The molecule has 1 N–H and O–H groups in total. The lowest BCUT2D eigenvalue weighted by atomic mass is 10.1. The number of carbonyl (C=O) groups excluding carboxylic acids is 2. The van der Waals surface area contributed by atoms with Crippen molar-refractivity contribution in [3.05, 3.63) is 64.2 Å². The van der Waals surface area contributed by atoms with Crippen molar-refractivity contribution in [3.8, 4) is 0 Å². The third kappa shape index (κ3) is 7.47. The van der Waals surface area contributed by atoms with Crippen molar-refractivity contribution in [2.45, 2.75) is 46.2 Å². The SMILES string of the molecule is CNC(=O)[C@H](C)N(Cc1cccc(C)c1)C(=O)CCCN(c1cc(Cl)ccc1C)S(C)(=O)=O. The molecule has 1 atom stereocenters. The fraction of sp³-hybridized carbons (Fsp3) is 0.417. The Morgan fingerprint density at radius 2 is 1.82 bits per heavy atom. The van der Waals surface area contributed by atoms with E-state index in [-0.39, 0.29) is 31.3 Å². The molecule has 9 heteroatoms. The summed E-state index contributed by atoms with van der Waals surface area (Å²) in [7, 11) is -2.04. The minimum atomic E-state index is -3.58. The molecule has 0 bridgehead atoms. The summed E-state index contributed by atoms with van der Waals surface area (Å²) in [5, 5.41) is 3.03. The van der Waals surface area contributed by atoms with Crippen molar-refractivity contribution in [3.63, 3.8) is 0 Å². The number of rotatable bonds is 10. The lowest BCUT2D eigenvalue weighted by Gasteiger charge is -2.29. The highest BCUT2D eigenvalue weighted by Gasteiger charge is 2.26. The van der Waals surface area contributed by atoms with E-state index in [2.05, 4.69) is 5.32 Å². The number of anilines is 1. The quantitative estimate of drug-likeness (QED) is 0.547. The Bertz CT molecular complexity index is 1100. The molecular weight excluding hydrogens is 462 g/mol. The molecule has 0 fully saturated rings. The monoisotopic (exact) mass is 493 g/mol. The van der Waals surface area contributed by atoms with Gasteiger partial charge in [0.15, 0.2) is 0 Å². The Morgan fingerprint density at radius 1 is 1.12 bits per heavy atom. The number of carbonyl (C=O) groups is 2. The van der Waals surface area contributed by atoms with Gasteiger partial charge in [-0.25, -0.2) is 8.42 Å². The predicted molar refractivity (Wildman–Crippen MR) is 133 cm³/mol. The number of likely N-dealkylation sites (N-methyl/N-ethyl adjacent to an activating group) is 1. The first-order valence-corrected chi connectivity index (χ1v) is 13.0. The number of amides is 2. The van der Waals surface area contributed by atoms with E-state index in [4.69, 9.17) is 11.6 Å². The van der Waals surface area contributed by atoms with Gasteiger partial charge in [-0.15, -0.1) is 0 Å². The third-order valence-corrected chi connectivity index (χ3v) is 6.86. The second-order valence-corrected chi connectivity index (χ2v) is 10.5. The fourth-order valence-corrected chi connectivity index (χ4v) is 4.81. The molecule has 2 amide bonds.